The molecule has 4 nitrogen and oxygen atoms in total. The van der Waals surface area contributed by atoms with Crippen LogP contribution in [-0.4, -0.2) is 36.2 Å². The predicted octanol–water partition coefficient (Wildman–Crippen LogP) is 1.04. The quantitative estimate of drug-likeness (QED) is 0.519. The lowest BCUT2D eigenvalue weighted by Crippen LogP contribution is -2.44. The molecule has 0 aromatic carbocycles. The highest BCUT2D eigenvalue weighted by molar-refractivity contribution is 5.81. The number of hydrogen-bond donors (Lipinski definition) is 3. The van der Waals surface area contributed by atoms with Crippen molar-refractivity contribution in [2.45, 2.75) is 58.6 Å². The Morgan fingerprint density at radius 2 is 2.00 bits per heavy atom. The number of aliphatic hydroxyl groups is 1. The molecule has 0 aromatic heterocycles. The van der Waals surface area contributed by atoms with Crippen LogP contribution >= 0.6 is 0 Å². The molecule has 2 atom stereocenters. The van der Waals surface area contributed by atoms with Crippen molar-refractivity contribution in [3.63, 3.8) is 0 Å². The number of hydrogen-bond acceptors (Lipinski definition) is 3. The van der Waals surface area contributed by atoms with E-state index in [2.05, 4.69) is 17.6 Å². The number of amides is 1. The molecule has 96 valence electrons. The van der Waals surface area contributed by atoms with Crippen LogP contribution in [0.15, 0.2) is 0 Å². The standard InChI is InChI=1S/C12H26N2O2/c1-4-6-7-8-13-12(16)10(3)14-9-11(15)5-2/h10-11,14-15H,4-9H2,1-3H3,(H,13,16). The van der Waals surface area contributed by atoms with E-state index < -0.39 is 0 Å². The molecule has 0 bridgehead atoms. The smallest absolute Gasteiger partial charge is 0.236 e. The van der Waals surface area contributed by atoms with Gasteiger partial charge in [-0.25, -0.2) is 0 Å². The largest absolute Gasteiger partial charge is 0.392 e. The molecular weight excluding hydrogens is 204 g/mol. The average molecular weight is 230 g/mol. The van der Waals surface area contributed by atoms with Gasteiger partial charge in [-0.15, -0.1) is 0 Å². The van der Waals surface area contributed by atoms with E-state index in [4.69, 9.17) is 0 Å². The van der Waals surface area contributed by atoms with E-state index in [0.29, 0.717) is 13.0 Å². The van der Waals surface area contributed by atoms with Crippen molar-refractivity contribution in [1.82, 2.24) is 10.6 Å². The molecule has 0 aromatic rings. The number of aliphatic hydroxyl groups excluding tert-OH is 1. The van der Waals surface area contributed by atoms with Crippen LogP contribution in [-0.2, 0) is 4.79 Å². The van der Waals surface area contributed by atoms with Gasteiger partial charge in [0.05, 0.1) is 12.1 Å². The number of carbonyl (C=O) groups excluding carboxylic acids is 1. The van der Waals surface area contributed by atoms with Crippen LogP contribution < -0.4 is 10.6 Å². The van der Waals surface area contributed by atoms with E-state index in [1.165, 1.54) is 0 Å². The number of nitrogens with one attached hydrogen (secondary N) is 2. The molecule has 0 saturated heterocycles. The van der Waals surface area contributed by atoms with Gasteiger partial charge in [0.25, 0.3) is 0 Å². The molecular formula is C12H26N2O2. The van der Waals surface area contributed by atoms with Gasteiger partial charge in [0.1, 0.15) is 0 Å². The number of carbonyl (C=O) groups is 1. The Balaban J connectivity index is 3.57. The maximum absolute atomic E-state index is 11.6. The molecule has 0 aliphatic rings. The Bertz CT molecular complexity index is 186. The SMILES string of the molecule is CCCCCNC(=O)C(C)NCC(O)CC. The van der Waals surface area contributed by atoms with E-state index in [1.54, 1.807) is 0 Å². The Kier molecular flexibility index (Phi) is 9.24. The molecule has 2 unspecified atom stereocenters. The van der Waals surface area contributed by atoms with Gasteiger partial charge in [0, 0.05) is 13.1 Å². The molecule has 3 N–H and O–H groups in total. The molecule has 0 radical (unpaired) electrons. The maximum atomic E-state index is 11.6. The second-order valence-electron chi connectivity index (χ2n) is 4.19. The lowest BCUT2D eigenvalue weighted by Gasteiger charge is -2.16. The van der Waals surface area contributed by atoms with E-state index in [-0.39, 0.29) is 18.1 Å². The van der Waals surface area contributed by atoms with Gasteiger partial charge in [-0.1, -0.05) is 26.7 Å². The minimum absolute atomic E-state index is 0.0133. The zero-order chi connectivity index (χ0) is 12.4. The normalized spacial score (nSPS) is 14.5. The Morgan fingerprint density at radius 3 is 2.56 bits per heavy atom. The molecule has 0 rings (SSSR count). The highest BCUT2D eigenvalue weighted by Crippen LogP contribution is 1.92. The zero-order valence-corrected chi connectivity index (χ0v) is 10.8. The van der Waals surface area contributed by atoms with Crippen LogP contribution in [0.1, 0.15) is 46.5 Å². The van der Waals surface area contributed by atoms with Crippen molar-refractivity contribution < 1.29 is 9.90 Å². The molecule has 0 spiro atoms. The zero-order valence-electron chi connectivity index (χ0n) is 10.8. The summed E-state index contributed by atoms with van der Waals surface area (Å²) in [5.74, 6) is 0.0133. The second-order valence-corrected chi connectivity index (χ2v) is 4.19. The summed E-state index contributed by atoms with van der Waals surface area (Å²) in [6.45, 7) is 7.09. The Morgan fingerprint density at radius 1 is 1.31 bits per heavy atom. The Labute approximate surface area is 98.8 Å². The molecule has 16 heavy (non-hydrogen) atoms. The van der Waals surface area contributed by atoms with Crippen LogP contribution in [0.3, 0.4) is 0 Å². The van der Waals surface area contributed by atoms with Gasteiger partial charge < -0.3 is 15.7 Å². The monoisotopic (exact) mass is 230 g/mol. The van der Waals surface area contributed by atoms with E-state index in [0.717, 1.165) is 25.8 Å². The van der Waals surface area contributed by atoms with Crippen LogP contribution in [0, 0.1) is 0 Å². The summed E-state index contributed by atoms with van der Waals surface area (Å²) in [5, 5.41) is 15.2. The third-order valence-electron chi connectivity index (χ3n) is 2.60. The third-order valence-corrected chi connectivity index (χ3v) is 2.60. The van der Waals surface area contributed by atoms with Gasteiger partial charge in [-0.05, 0) is 19.8 Å². The van der Waals surface area contributed by atoms with Crippen molar-refractivity contribution in [2.75, 3.05) is 13.1 Å². The molecule has 0 heterocycles. The maximum Gasteiger partial charge on any atom is 0.236 e. The fourth-order valence-electron chi connectivity index (χ4n) is 1.29. The minimum atomic E-state index is -0.365. The van der Waals surface area contributed by atoms with Gasteiger partial charge in [0.15, 0.2) is 0 Å². The topological polar surface area (TPSA) is 61.4 Å². The van der Waals surface area contributed by atoms with Gasteiger partial charge >= 0.3 is 0 Å². The summed E-state index contributed by atoms with van der Waals surface area (Å²) in [7, 11) is 0. The summed E-state index contributed by atoms with van der Waals surface area (Å²) < 4.78 is 0. The van der Waals surface area contributed by atoms with Crippen LogP contribution in [0.4, 0.5) is 0 Å². The van der Waals surface area contributed by atoms with Crippen molar-refractivity contribution >= 4 is 5.91 Å². The van der Waals surface area contributed by atoms with Crippen LogP contribution in [0.5, 0.6) is 0 Å². The Hall–Kier alpha value is -0.610. The first-order valence-electron chi connectivity index (χ1n) is 6.30. The van der Waals surface area contributed by atoms with Gasteiger partial charge in [-0.2, -0.15) is 0 Å². The second kappa shape index (κ2) is 9.60. The van der Waals surface area contributed by atoms with Crippen LogP contribution in [0.2, 0.25) is 0 Å². The summed E-state index contributed by atoms with van der Waals surface area (Å²) in [6, 6.07) is -0.233. The van der Waals surface area contributed by atoms with E-state index in [9.17, 15) is 9.90 Å². The number of unbranched alkanes of at least 4 members (excludes halogenated alkanes) is 2. The van der Waals surface area contributed by atoms with Gasteiger partial charge in [0.2, 0.25) is 5.91 Å². The van der Waals surface area contributed by atoms with Crippen molar-refractivity contribution in [3.8, 4) is 0 Å². The molecule has 0 aliphatic heterocycles. The minimum Gasteiger partial charge on any atom is -0.392 e. The van der Waals surface area contributed by atoms with Gasteiger partial charge in [-0.3, -0.25) is 4.79 Å². The first-order valence-corrected chi connectivity index (χ1v) is 6.30. The summed E-state index contributed by atoms with van der Waals surface area (Å²) in [6.07, 6.45) is 3.68. The van der Waals surface area contributed by atoms with Crippen molar-refractivity contribution in [1.29, 1.82) is 0 Å². The van der Waals surface area contributed by atoms with Crippen molar-refractivity contribution in [2.24, 2.45) is 0 Å². The predicted molar refractivity (Wildman–Crippen MR) is 66.3 cm³/mol. The first kappa shape index (κ1) is 15.4. The highest BCUT2D eigenvalue weighted by atomic mass is 16.3. The molecule has 0 aliphatic carbocycles. The fraction of sp³-hybridized carbons (Fsp3) is 0.917. The molecule has 4 heteroatoms. The van der Waals surface area contributed by atoms with E-state index >= 15 is 0 Å². The lowest BCUT2D eigenvalue weighted by atomic mass is 10.2. The van der Waals surface area contributed by atoms with Crippen LogP contribution in [0.25, 0.3) is 0 Å². The average Bonchev–Trinajstić information content (AvgIpc) is 2.30. The summed E-state index contributed by atoms with van der Waals surface area (Å²) in [4.78, 5) is 11.6. The fourth-order valence-corrected chi connectivity index (χ4v) is 1.29. The number of rotatable bonds is 9. The first-order chi connectivity index (χ1) is 7.61. The summed E-state index contributed by atoms with van der Waals surface area (Å²) in [5.41, 5.74) is 0. The molecule has 0 fully saturated rings. The summed E-state index contributed by atoms with van der Waals surface area (Å²) >= 11 is 0. The van der Waals surface area contributed by atoms with Crippen molar-refractivity contribution in [3.05, 3.63) is 0 Å². The van der Waals surface area contributed by atoms with E-state index in [1.807, 2.05) is 13.8 Å². The third kappa shape index (κ3) is 7.65. The lowest BCUT2D eigenvalue weighted by molar-refractivity contribution is -0.122. The molecule has 1 amide bonds. The highest BCUT2D eigenvalue weighted by Gasteiger charge is 2.12. The molecule has 0 saturated carbocycles.